The lowest BCUT2D eigenvalue weighted by Crippen LogP contribution is -2.14. The number of halogens is 1. The van der Waals surface area contributed by atoms with Crippen molar-refractivity contribution in [2.75, 3.05) is 11.1 Å². The summed E-state index contributed by atoms with van der Waals surface area (Å²) >= 11 is 5.88. The summed E-state index contributed by atoms with van der Waals surface area (Å²) in [4.78, 5) is 15.8. The van der Waals surface area contributed by atoms with E-state index in [1.165, 1.54) is 30.6 Å². The van der Waals surface area contributed by atoms with E-state index in [9.17, 15) is 4.79 Å². The second-order valence-corrected chi connectivity index (χ2v) is 4.13. The van der Waals surface area contributed by atoms with Gasteiger partial charge in [-0.3, -0.25) is 9.78 Å². The van der Waals surface area contributed by atoms with Gasteiger partial charge >= 0.3 is 0 Å². The van der Waals surface area contributed by atoms with Crippen LogP contribution < -0.4 is 11.1 Å². The molecule has 0 fully saturated rings. The van der Waals surface area contributed by atoms with Crippen molar-refractivity contribution in [3.63, 3.8) is 0 Å². The highest BCUT2D eigenvalue weighted by atomic mass is 35.5. The first-order chi connectivity index (χ1) is 9.11. The molecule has 1 heterocycles. The number of amides is 1. The molecule has 1 aromatic heterocycles. The zero-order valence-electron chi connectivity index (χ0n) is 9.72. The summed E-state index contributed by atoms with van der Waals surface area (Å²) in [5, 5.41) is 11.7. The monoisotopic (exact) mass is 272 g/mol. The molecule has 0 spiro atoms. The van der Waals surface area contributed by atoms with Gasteiger partial charge in [0.1, 0.15) is 6.07 Å². The molecule has 0 unspecified atom stereocenters. The Hall–Kier alpha value is -2.58. The summed E-state index contributed by atoms with van der Waals surface area (Å²) in [6.45, 7) is 0. The van der Waals surface area contributed by atoms with Gasteiger partial charge < -0.3 is 11.1 Å². The normalized spacial score (nSPS) is 9.68. The molecule has 0 saturated heterocycles. The first-order valence-electron chi connectivity index (χ1n) is 5.32. The minimum absolute atomic E-state index is 0.281. The zero-order valence-corrected chi connectivity index (χ0v) is 10.5. The minimum Gasteiger partial charge on any atom is -0.397 e. The van der Waals surface area contributed by atoms with E-state index in [1.54, 1.807) is 6.07 Å². The molecule has 0 saturated carbocycles. The molecule has 0 aliphatic carbocycles. The number of carbonyl (C=O) groups is 1. The Labute approximate surface area is 114 Å². The number of pyridine rings is 1. The highest BCUT2D eigenvalue weighted by molar-refractivity contribution is 6.32. The summed E-state index contributed by atoms with van der Waals surface area (Å²) in [6.07, 6.45) is 2.89. The second kappa shape index (κ2) is 5.38. The van der Waals surface area contributed by atoms with Gasteiger partial charge in [0.05, 0.1) is 28.0 Å². The Bertz CT molecular complexity index is 679. The number of hydrogen-bond acceptors (Lipinski definition) is 4. The topological polar surface area (TPSA) is 91.8 Å². The Morgan fingerprint density at radius 3 is 2.84 bits per heavy atom. The van der Waals surface area contributed by atoms with Crippen LogP contribution in [0.15, 0.2) is 36.7 Å². The number of nitrogens with two attached hydrogens (primary N) is 1. The molecule has 5 nitrogen and oxygen atoms in total. The van der Waals surface area contributed by atoms with Crippen LogP contribution in [0.4, 0.5) is 11.4 Å². The predicted octanol–water partition coefficient (Wildman–Crippen LogP) is 2.44. The third-order valence-electron chi connectivity index (χ3n) is 2.44. The molecule has 3 N–H and O–H groups in total. The quantitative estimate of drug-likeness (QED) is 0.878. The molecule has 0 bridgehead atoms. The van der Waals surface area contributed by atoms with Gasteiger partial charge in [0.15, 0.2) is 0 Å². The van der Waals surface area contributed by atoms with Crippen LogP contribution in [-0.2, 0) is 0 Å². The molecule has 0 aliphatic heterocycles. The lowest BCUT2D eigenvalue weighted by molar-refractivity contribution is 0.102. The van der Waals surface area contributed by atoms with E-state index in [0.29, 0.717) is 22.5 Å². The van der Waals surface area contributed by atoms with Crippen LogP contribution in [0.25, 0.3) is 0 Å². The second-order valence-electron chi connectivity index (χ2n) is 3.72. The number of benzene rings is 1. The average Bonchev–Trinajstić information content (AvgIpc) is 2.39. The average molecular weight is 273 g/mol. The number of anilines is 2. The van der Waals surface area contributed by atoms with Crippen LogP contribution in [0.1, 0.15) is 15.9 Å². The largest absolute Gasteiger partial charge is 0.397 e. The molecule has 0 atom stereocenters. The number of nitrogen functional groups attached to an aromatic ring is 1. The van der Waals surface area contributed by atoms with Crippen LogP contribution in [0.5, 0.6) is 0 Å². The fourth-order valence-electron chi connectivity index (χ4n) is 1.50. The van der Waals surface area contributed by atoms with Crippen LogP contribution >= 0.6 is 11.6 Å². The number of carbonyl (C=O) groups excluding carboxylic acids is 1. The van der Waals surface area contributed by atoms with Gasteiger partial charge in [-0.15, -0.1) is 0 Å². The molecule has 1 amide bonds. The Morgan fingerprint density at radius 2 is 2.21 bits per heavy atom. The van der Waals surface area contributed by atoms with E-state index in [0.717, 1.165) is 0 Å². The van der Waals surface area contributed by atoms with Gasteiger partial charge in [0.2, 0.25) is 0 Å². The van der Waals surface area contributed by atoms with Gasteiger partial charge in [-0.1, -0.05) is 11.6 Å². The maximum atomic E-state index is 12.0. The van der Waals surface area contributed by atoms with Crippen molar-refractivity contribution in [3.8, 4) is 6.07 Å². The molecule has 19 heavy (non-hydrogen) atoms. The fourth-order valence-corrected chi connectivity index (χ4v) is 1.72. The van der Waals surface area contributed by atoms with E-state index < -0.39 is 0 Å². The molecule has 94 valence electrons. The van der Waals surface area contributed by atoms with E-state index in [2.05, 4.69) is 10.3 Å². The smallest absolute Gasteiger partial charge is 0.257 e. The van der Waals surface area contributed by atoms with E-state index in [1.807, 2.05) is 6.07 Å². The Balaban J connectivity index is 2.23. The number of rotatable bonds is 2. The lowest BCUT2D eigenvalue weighted by atomic mass is 10.2. The Kier molecular flexibility index (Phi) is 3.64. The molecule has 6 heteroatoms. The van der Waals surface area contributed by atoms with E-state index in [-0.39, 0.29) is 10.9 Å². The molecule has 0 radical (unpaired) electrons. The molecule has 2 aromatic rings. The number of hydrogen-bond donors (Lipinski definition) is 2. The standard InChI is InChI=1S/C13H9ClN4O/c14-11-5-9(2-1-8(11)6-15)18-13(19)10-3-4-17-7-12(10)16/h1-5,7H,16H2,(H,18,19). The molecule has 2 rings (SSSR count). The van der Waals surface area contributed by atoms with E-state index in [4.69, 9.17) is 22.6 Å². The maximum Gasteiger partial charge on any atom is 0.257 e. The number of nitrogens with one attached hydrogen (secondary N) is 1. The SMILES string of the molecule is N#Cc1ccc(NC(=O)c2ccncc2N)cc1Cl. The zero-order chi connectivity index (χ0) is 13.8. The van der Waals surface area contributed by atoms with Crippen molar-refractivity contribution in [1.82, 2.24) is 4.98 Å². The summed E-state index contributed by atoms with van der Waals surface area (Å²) in [7, 11) is 0. The highest BCUT2D eigenvalue weighted by Crippen LogP contribution is 2.21. The van der Waals surface area contributed by atoms with Gasteiger partial charge in [-0.25, -0.2) is 0 Å². The summed E-state index contributed by atoms with van der Waals surface area (Å²) in [5.74, 6) is -0.360. The summed E-state index contributed by atoms with van der Waals surface area (Å²) in [6, 6.07) is 8.11. The lowest BCUT2D eigenvalue weighted by Gasteiger charge is -2.07. The summed E-state index contributed by atoms with van der Waals surface area (Å²) < 4.78 is 0. The number of nitrogens with zero attached hydrogens (tertiary/aromatic N) is 2. The van der Waals surface area contributed by atoms with Crippen molar-refractivity contribution in [1.29, 1.82) is 5.26 Å². The van der Waals surface area contributed by atoms with Crippen LogP contribution in [0.3, 0.4) is 0 Å². The van der Waals surface area contributed by atoms with Gasteiger partial charge in [0, 0.05) is 11.9 Å². The van der Waals surface area contributed by atoms with Gasteiger partial charge in [-0.05, 0) is 24.3 Å². The van der Waals surface area contributed by atoms with Crippen molar-refractivity contribution in [2.45, 2.75) is 0 Å². The first kappa shape index (κ1) is 12.9. The van der Waals surface area contributed by atoms with Crippen LogP contribution in [-0.4, -0.2) is 10.9 Å². The first-order valence-corrected chi connectivity index (χ1v) is 5.70. The highest BCUT2D eigenvalue weighted by Gasteiger charge is 2.10. The van der Waals surface area contributed by atoms with E-state index >= 15 is 0 Å². The molecular weight excluding hydrogens is 264 g/mol. The number of aromatic nitrogens is 1. The fraction of sp³-hybridized carbons (Fsp3) is 0. The molecule has 0 aliphatic rings. The van der Waals surface area contributed by atoms with Crippen molar-refractivity contribution in [3.05, 3.63) is 52.8 Å². The van der Waals surface area contributed by atoms with Gasteiger partial charge in [0.25, 0.3) is 5.91 Å². The summed E-state index contributed by atoms with van der Waals surface area (Å²) in [5.41, 5.74) is 7.12. The van der Waals surface area contributed by atoms with Crippen LogP contribution in [0, 0.1) is 11.3 Å². The van der Waals surface area contributed by atoms with Crippen molar-refractivity contribution < 1.29 is 4.79 Å². The van der Waals surface area contributed by atoms with Crippen molar-refractivity contribution in [2.24, 2.45) is 0 Å². The molecule has 1 aromatic carbocycles. The minimum atomic E-state index is -0.360. The van der Waals surface area contributed by atoms with Crippen LogP contribution in [0.2, 0.25) is 5.02 Å². The maximum absolute atomic E-state index is 12.0. The number of nitriles is 1. The third-order valence-corrected chi connectivity index (χ3v) is 2.76. The molecular formula is C13H9ClN4O. The van der Waals surface area contributed by atoms with Gasteiger partial charge in [-0.2, -0.15) is 5.26 Å². The van der Waals surface area contributed by atoms with Crippen molar-refractivity contribution >= 4 is 28.9 Å². The predicted molar refractivity (Wildman–Crippen MR) is 72.8 cm³/mol. The Morgan fingerprint density at radius 1 is 1.42 bits per heavy atom. The third kappa shape index (κ3) is 2.81.